The fraction of sp³-hybridized carbons (Fsp3) is 0.917. The second-order valence-electron chi connectivity index (χ2n) is 4.37. The minimum absolute atomic E-state index is 0.104. The van der Waals surface area contributed by atoms with Crippen molar-refractivity contribution in [2.45, 2.75) is 52.1 Å². The van der Waals surface area contributed by atoms with E-state index in [1.807, 2.05) is 14.0 Å². The Bertz CT molecular complexity index is 197. The minimum Gasteiger partial charge on any atom is -0.356 e. The molecule has 0 heterocycles. The third-order valence-corrected chi connectivity index (χ3v) is 3.13. The third kappa shape index (κ3) is 5.47. The number of rotatable bonds is 8. The maximum atomic E-state index is 11.6. The van der Waals surface area contributed by atoms with Gasteiger partial charge in [-0.25, -0.2) is 0 Å². The monoisotopic (exact) mass is 229 g/mol. The maximum Gasteiger partial charge on any atom is 0.221 e. The van der Waals surface area contributed by atoms with Crippen molar-refractivity contribution in [3.05, 3.63) is 0 Å². The van der Waals surface area contributed by atoms with E-state index in [1.54, 1.807) is 0 Å². The molecule has 0 saturated heterocycles. The average molecular weight is 229 g/mol. The Labute approximate surface area is 99.6 Å². The molecule has 0 spiro atoms. The zero-order valence-corrected chi connectivity index (χ0v) is 11.1. The van der Waals surface area contributed by atoms with Gasteiger partial charge in [0.15, 0.2) is 0 Å². The fourth-order valence-corrected chi connectivity index (χ4v) is 1.59. The van der Waals surface area contributed by atoms with Gasteiger partial charge in [-0.1, -0.05) is 13.8 Å². The van der Waals surface area contributed by atoms with Crippen LogP contribution in [-0.2, 0) is 4.79 Å². The summed E-state index contributed by atoms with van der Waals surface area (Å²) in [5.41, 5.74) is 5.72. The largest absolute Gasteiger partial charge is 0.356 e. The van der Waals surface area contributed by atoms with Gasteiger partial charge in [-0.3, -0.25) is 9.69 Å². The Kier molecular flexibility index (Phi) is 8.21. The number of carbonyl (C=O) groups is 1. The Morgan fingerprint density at radius 3 is 2.50 bits per heavy atom. The molecule has 0 bridgehead atoms. The predicted molar refractivity (Wildman–Crippen MR) is 68.3 cm³/mol. The SMILES string of the molecule is CCCNC(=O)CC(CN)N(C)C(C)CC. The summed E-state index contributed by atoms with van der Waals surface area (Å²) in [5, 5.41) is 2.89. The van der Waals surface area contributed by atoms with Gasteiger partial charge in [0.1, 0.15) is 0 Å². The van der Waals surface area contributed by atoms with Crippen LogP contribution in [0.25, 0.3) is 0 Å². The highest BCUT2D eigenvalue weighted by Crippen LogP contribution is 2.08. The molecular weight excluding hydrogens is 202 g/mol. The van der Waals surface area contributed by atoms with E-state index in [0.29, 0.717) is 19.0 Å². The number of nitrogens with zero attached hydrogens (tertiary/aromatic N) is 1. The van der Waals surface area contributed by atoms with Crippen molar-refractivity contribution in [1.82, 2.24) is 10.2 Å². The van der Waals surface area contributed by atoms with Gasteiger partial charge in [0, 0.05) is 31.6 Å². The van der Waals surface area contributed by atoms with Crippen LogP contribution in [0.15, 0.2) is 0 Å². The summed E-state index contributed by atoms with van der Waals surface area (Å²) in [6, 6.07) is 0.610. The molecule has 0 aromatic heterocycles. The van der Waals surface area contributed by atoms with Crippen molar-refractivity contribution < 1.29 is 4.79 Å². The van der Waals surface area contributed by atoms with Gasteiger partial charge in [-0.05, 0) is 26.8 Å². The topological polar surface area (TPSA) is 58.4 Å². The highest BCUT2D eigenvalue weighted by atomic mass is 16.1. The van der Waals surface area contributed by atoms with Crippen LogP contribution in [0.3, 0.4) is 0 Å². The van der Waals surface area contributed by atoms with Crippen LogP contribution in [0.2, 0.25) is 0 Å². The number of nitrogens with two attached hydrogens (primary N) is 1. The van der Waals surface area contributed by atoms with Gasteiger partial charge < -0.3 is 11.1 Å². The van der Waals surface area contributed by atoms with Gasteiger partial charge in [-0.2, -0.15) is 0 Å². The van der Waals surface area contributed by atoms with Crippen LogP contribution in [0, 0.1) is 0 Å². The lowest BCUT2D eigenvalue weighted by molar-refractivity contribution is -0.122. The molecule has 2 unspecified atom stereocenters. The van der Waals surface area contributed by atoms with Crippen molar-refractivity contribution >= 4 is 5.91 Å². The highest BCUT2D eigenvalue weighted by Gasteiger charge is 2.20. The molecule has 4 nitrogen and oxygen atoms in total. The van der Waals surface area contributed by atoms with Crippen LogP contribution >= 0.6 is 0 Å². The molecule has 0 aromatic carbocycles. The first-order valence-electron chi connectivity index (χ1n) is 6.25. The molecule has 0 aliphatic carbocycles. The number of nitrogens with one attached hydrogen (secondary N) is 1. The molecule has 0 aromatic rings. The van der Waals surface area contributed by atoms with Crippen molar-refractivity contribution in [2.75, 3.05) is 20.1 Å². The van der Waals surface area contributed by atoms with E-state index in [1.165, 1.54) is 0 Å². The van der Waals surface area contributed by atoms with Crippen molar-refractivity contribution in [3.8, 4) is 0 Å². The summed E-state index contributed by atoms with van der Waals surface area (Å²) in [6.45, 7) is 7.63. The Hall–Kier alpha value is -0.610. The highest BCUT2D eigenvalue weighted by molar-refractivity contribution is 5.76. The van der Waals surface area contributed by atoms with Gasteiger partial charge >= 0.3 is 0 Å². The van der Waals surface area contributed by atoms with E-state index >= 15 is 0 Å². The van der Waals surface area contributed by atoms with Crippen LogP contribution in [-0.4, -0.2) is 43.0 Å². The average Bonchev–Trinajstić information content (AvgIpc) is 2.31. The maximum absolute atomic E-state index is 11.6. The molecule has 0 fully saturated rings. The molecule has 3 N–H and O–H groups in total. The van der Waals surface area contributed by atoms with E-state index in [0.717, 1.165) is 19.4 Å². The first-order chi connectivity index (χ1) is 7.56. The fourth-order valence-electron chi connectivity index (χ4n) is 1.59. The molecule has 1 amide bonds. The summed E-state index contributed by atoms with van der Waals surface area (Å²) in [7, 11) is 2.04. The summed E-state index contributed by atoms with van der Waals surface area (Å²) < 4.78 is 0. The number of hydrogen-bond acceptors (Lipinski definition) is 3. The molecule has 0 radical (unpaired) electrons. The van der Waals surface area contributed by atoms with E-state index in [-0.39, 0.29) is 11.9 Å². The smallest absolute Gasteiger partial charge is 0.221 e. The van der Waals surface area contributed by atoms with E-state index in [2.05, 4.69) is 24.1 Å². The molecule has 0 aliphatic rings. The molecule has 96 valence electrons. The molecule has 4 heteroatoms. The number of hydrogen-bond donors (Lipinski definition) is 2. The van der Waals surface area contributed by atoms with Crippen molar-refractivity contribution in [2.24, 2.45) is 5.73 Å². The van der Waals surface area contributed by atoms with E-state index < -0.39 is 0 Å². The zero-order valence-electron chi connectivity index (χ0n) is 11.1. The lowest BCUT2D eigenvalue weighted by Gasteiger charge is -2.31. The first-order valence-corrected chi connectivity index (χ1v) is 6.25. The van der Waals surface area contributed by atoms with Gasteiger partial charge in [0.2, 0.25) is 5.91 Å². The second-order valence-corrected chi connectivity index (χ2v) is 4.37. The number of amides is 1. The Balaban J connectivity index is 4.12. The number of likely N-dealkylation sites (N-methyl/N-ethyl adjacent to an activating group) is 1. The predicted octanol–water partition coefficient (Wildman–Crippen LogP) is 0.960. The van der Waals surface area contributed by atoms with Gasteiger partial charge in [0.05, 0.1) is 0 Å². The number of carbonyl (C=O) groups excluding carboxylic acids is 1. The van der Waals surface area contributed by atoms with Crippen LogP contribution < -0.4 is 11.1 Å². The van der Waals surface area contributed by atoms with Crippen LogP contribution in [0.1, 0.15) is 40.0 Å². The lowest BCUT2D eigenvalue weighted by Crippen LogP contribution is -2.45. The van der Waals surface area contributed by atoms with Gasteiger partial charge in [-0.15, -0.1) is 0 Å². The van der Waals surface area contributed by atoms with Crippen molar-refractivity contribution in [3.63, 3.8) is 0 Å². The molecule has 0 saturated carbocycles. The van der Waals surface area contributed by atoms with Crippen molar-refractivity contribution in [1.29, 1.82) is 0 Å². The van der Waals surface area contributed by atoms with E-state index in [4.69, 9.17) is 5.73 Å². The normalized spacial score (nSPS) is 14.9. The molecule has 2 atom stereocenters. The first kappa shape index (κ1) is 15.4. The quantitative estimate of drug-likeness (QED) is 0.652. The summed E-state index contributed by atoms with van der Waals surface area (Å²) >= 11 is 0. The van der Waals surface area contributed by atoms with E-state index in [9.17, 15) is 4.79 Å². The zero-order chi connectivity index (χ0) is 12.6. The van der Waals surface area contributed by atoms with Crippen LogP contribution in [0.4, 0.5) is 0 Å². The third-order valence-electron chi connectivity index (χ3n) is 3.13. The van der Waals surface area contributed by atoms with Gasteiger partial charge in [0.25, 0.3) is 0 Å². The second kappa shape index (κ2) is 8.53. The summed E-state index contributed by atoms with van der Waals surface area (Å²) in [6.07, 6.45) is 2.54. The Morgan fingerprint density at radius 2 is 2.06 bits per heavy atom. The lowest BCUT2D eigenvalue weighted by atomic mass is 10.1. The molecule has 0 rings (SSSR count). The molecule has 0 aliphatic heterocycles. The minimum atomic E-state index is 0.104. The molecular formula is C12H27N3O. The van der Waals surface area contributed by atoms with Crippen LogP contribution in [0.5, 0.6) is 0 Å². The molecule has 16 heavy (non-hydrogen) atoms. The summed E-state index contributed by atoms with van der Waals surface area (Å²) in [4.78, 5) is 13.8. The standard InChI is InChI=1S/C12H27N3O/c1-5-7-14-12(16)8-11(9-13)15(4)10(3)6-2/h10-11H,5-9,13H2,1-4H3,(H,14,16). The Morgan fingerprint density at radius 1 is 1.44 bits per heavy atom. The summed E-state index contributed by atoms with van der Waals surface area (Å²) in [5.74, 6) is 0.104.